The molecule has 4 nitrogen and oxygen atoms in total. The number of carbonyl (C=O) groups is 1. The van der Waals surface area contributed by atoms with Gasteiger partial charge in [0.15, 0.2) is 0 Å². The highest BCUT2D eigenvalue weighted by Gasteiger charge is 2.50. The zero-order valence-electron chi connectivity index (χ0n) is 16.9. The fourth-order valence-electron chi connectivity index (χ4n) is 4.80. The fraction of sp³-hybridized carbons (Fsp3) is 0.435. The first-order valence-electron chi connectivity index (χ1n) is 10.0. The largest absolute Gasteiger partial charge is 1.00 e. The molecule has 6 heteroatoms. The molecule has 1 unspecified atom stereocenters. The molecule has 2 fully saturated rings. The summed E-state index contributed by atoms with van der Waals surface area (Å²) < 4.78 is 21.2. The third-order valence-corrected chi connectivity index (χ3v) is 6.63. The van der Waals surface area contributed by atoms with Crippen molar-refractivity contribution in [3.05, 3.63) is 66.0 Å². The van der Waals surface area contributed by atoms with Crippen molar-refractivity contribution in [2.45, 2.75) is 50.4 Å². The maximum Gasteiger partial charge on any atom is 0.414 e. The Balaban J connectivity index is 0.00000240. The number of nitrogens with zero attached hydrogens (tertiary/aromatic N) is 2. The second-order valence-electron chi connectivity index (χ2n) is 8.50. The van der Waals surface area contributed by atoms with Gasteiger partial charge in [-0.15, -0.1) is 0 Å². The number of hydrogen-bond acceptors (Lipinski definition) is 2. The number of hydrogen-bond donors (Lipinski definition) is 0. The number of anilines is 1. The van der Waals surface area contributed by atoms with Crippen molar-refractivity contribution in [3.8, 4) is 0 Å². The quantitative estimate of drug-likeness (QED) is 0.647. The molecule has 29 heavy (non-hydrogen) atoms. The van der Waals surface area contributed by atoms with Crippen molar-refractivity contribution >= 4 is 11.8 Å². The first kappa shape index (κ1) is 21.8. The van der Waals surface area contributed by atoms with Gasteiger partial charge in [-0.05, 0) is 18.2 Å². The van der Waals surface area contributed by atoms with Crippen molar-refractivity contribution < 1.29 is 35.4 Å². The number of amides is 1. The van der Waals surface area contributed by atoms with E-state index < -0.39 is 6.09 Å². The summed E-state index contributed by atoms with van der Waals surface area (Å²) in [6.07, 6.45) is 3.73. The van der Waals surface area contributed by atoms with E-state index in [2.05, 4.69) is 14.1 Å². The van der Waals surface area contributed by atoms with Gasteiger partial charge in [-0.2, -0.15) is 0 Å². The van der Waals surface area contributed by atoms with E-state index in [0.29, 0.717) is 23.3 Å². The van der Waals surface area contributed by atoms with Crippen molar-refractivity contribution in [3.63, 3.8) is 0 Å². The molecular weight excluding hydrogens is 435 g/mol. The molecule has 4 rings (SSSR count). The Morgan fingerprint density at radius 1 is 1.03 bits per heavy atom. The second kappa shape index (κ2) is 8.84. The number of halogens is 2. The molecule has 0 aliphatic carbocycles. The van der Waals surface area contributed by atoms with E-state index in [9.17, 15) is 9.18 Å². The lowest BCUT2D eigenvalue weighted by atomic mass is 9.98. The highest BCUT2D eigenvalue weighted by atomic mass is 79.9. The molecule has 0 radical (unpaired) electrons. The first-order chi connectivity index (χ1) is 13.4. The molecule has 2 heterocycles. The van der Waals surface area contributed by atoms with Gasteiger partial charge in [0.1, 0.15) is 11.9 Å². The van der Waals surface area contributed by atoms with Gasteiger partial charge < -0.3 is 26.2 Å². The minimum absolute atomic E-state index is 0. The van der Waals surface area contributed by atoms with Gasteiger partial charge in [-0.25, -0.2) is 9.18 Å². The first-order valence-corrected chi connectivity index (χ1v) is 10.0. The van der Waals surface area contributed by atoms with Crippen LogP contribution in [0.3, 0.4) is 0 Å². The Morgan fingerprint density at radius 2 is 1.62 bits per heavy atom. The Labute approximate surface area is 182 Å². The summed E-state index contributed by atoms with van der Waals surface area (Å²) in [7, 11) is 4.57. The number of para-hydroxylation sites is 1. The number of carbonyl (C=O) groups excluding carboxylic acids is 1. The van der Waals surface area contributed by atoms with Crippen LogP contribution >= 0.6 is 0 Å². The molecule has 156 valence electrons. The lowest BCUT2D eigenvalue weighted by Gasteiger charge is -2.44. The standard InChI is InChI=1S/C23H28FN2O2.BrH/c1-26(2)19-12-13-20(26)15-21(14-19)28-23(27)25(18-9-4-3-5-10-18)16-17-8-6-7-11-22(17)24;/h3-11,19-21H,12-16H2,1-2H3;1H/q+1;/p-1/t19-,20+,21?;. The van der Waals surface area contributed by atoms with E-state index in [-0.39, 0.29) is 35.4 Å². The summed E-state index contributed by atoms with van der Waals surface area (Å²) >= 11 is 0. The van der Waals surface area contributed by atoms with E-state index >= 15 is 0 Å². The van der Waals surface area contributed by atoms with Gasteiger partial charge in [-0.3, -0.25) is 4.90 Å². The average Bonchev–Trinajstić information content (AvgIpc) is 2.85. The highest BCUT2D eigenvalue weighted by Crippen LogP contribution is 2.40. The maximum absolute atomic E-state index is 14.2. The molecule has 2 aliphatic heterocycles. The molecule has 2 saturated heterocycles. The molecule has 0 saturated carbocycles. The fourth-order valence-corrected chi connectivity index (χ4v) is 4.80. The third kappa shape index (κ3) is 4.48. The number of piperidine rings is 1. The normalized spacial score (nSPS) is 24.4. The Hall–Kier alpha value is -1.92. The van der Waals surface area contributed by atoms with Crippen LogP contribution in [0.1, 0.15) is 31.2 Å². The molecule has 0 aromatic heterocycles. The minimum Gasteiger partial charge on any atom is -1.00 e. The van der Waals surface area contributed by atoms with Gasteiger partial charge in [0.2, 0.25) is 0 Å². The summed E-state index contributed by atoms with van der Waals surface area (Å²) in [5.41, 5.74) is 1.19. The van der Waals surface area contributed by atoms with Crippen LogP contribution in [0.4, 0.5) is 14.9 Å². The molecule has 2 aromatic rings. The molecule has 3 atom stereocenters. The summed E-state index contributed by atoms with van der Waals surface area (Å²) in [6, 6.07) is 17.0. The summed E-state index contributed by atoms with van der Waals surface area (Å²) in [5.74, 6) is -0.314. The van der Waals surface area contributed by atoms with Gasteiger partial charge in [-0.1, -0.05) is 36.4 Å². The smallest absolute Gasteiger partial charge is 0.414 e. The Kier molecular flexibility index (Phi) is 6.64. The van der Waals surface area contributed by atoms with Crippen molar-refractivity contribution in [1.29, 1.82) is 0 Å². The van der Waals surface area contributed by atoms with Crippen molar-refractivity contribution in [2.24, 2.45) is 0 Å². The van der Waals surface area contributed by atoms with Gasteiger partial charge in [0, 0.05) is 36.9 Å². The molecule has 0 N–H and O–H groups in total. The van der Waals surface area contributed by atoms with E-state index in [1.807, 2.05) is 30.3 Å². The van der Waals surface area contributed by atoms with Crippen LogP contribution in [0, 0.1) is 5.82 Å². The Morgan fingerprint density at radius 3 is 2.24 bits per heavy atom. The second-order valence-corrected chi connectivity index (χ2v) is 8.50. The van der Waals surface area contributed by atoms with Gasteiger partial charge >= 0.3 is 6.09 Å². The van der Waals surface area contributed by atoms with E-state index in [4.69, 9.17) is 4.74 Å². The summed E-state index contributed by atoms with van der Waals surface area (Å²) in [6.45, 7) is 0.149. The van der Waals surface area contributed by atoms with E-state index in [1.54, 1.807) is 18.2 Å². The third-order valence-electron chi connectivity index (χ3n) is 6.63. The summed E-state index contributed by atoms with van der Waals surface area (Å²) in [5, 5.41) is 0. The van der Waals surface area contributed by atoms with Crippen LogP contribution in [-0.4, -0.2) is 42.9 Å². The number of fused-ring (bicyclic) bond motifs is 2. The minimum atomic E-state index is -0.397. The number of ether oxygens (including phenoxy) is 1. The molecule has 2 bridgehead atoms. The topological polar surface area (TPSA) is 29.5 Å². The van der Waals surface area contributed by atoms with Gasteiger partial charge in [0.05, 0.1) is 32.7 Å². The molecule has 0 spiro atoms. The predicted octanol–water partition coefficient (Wildman–Crippen LogP) is 1.74. The number of benzene rings is 2. The molecule has 2 aliphatic rings. The lowest BCUT2D eigenvalue weighted by Crippen LogP contribution is -3.00. The monoisotopic (exact) mass is 462 g/mol. The average molecular weight is 463 g/mol. The van der Waals surface area contributed by atoms with Crippen LogP contribution in [0.15, 0.2) is 54.6 Å². The van der Waals surface area contributed by atoms with Crippen LogP contribution in [0.2, 0.25) is 0 Å². The molecule has 2 aromatic carbocycles. The van der Waals surface area contributed by atoms with Gasteiger partial charge in [0.25, 0.3) is 0 Å². The SMILES string of the molecule is C[N+]1(C)[C@@H]2CC[C@H]1CC(OC(=O)N(Cc1ccccc1F)c1ccccc1)C2.[Br-]. The highest BCUT2D eigenvalue weighted by molar-refractivity contribution is 5.87. The van der Waals surface area contributed by atoms with Crippen LogP contribution in [-0.2, 0) is 11.3 Å². The predicted molar refractivity (Wildman–Crippen MR) is 107 cm³/mol. The Bertz CT molecular complexity index is 830. The van der Waals surface area contributed by atoms with Crippen molar-refractivity contribution in [2.75, 3.05) is 19.0 Å². The summed E-state index contributed by atoms with van der Waals surface area (Å²) in [4.78, 5) is 14.6. The zero-order chi connectivity index (χ0) is 19.7. The maximum atomic E-state index is 14.2. The van der Waals surface area contributed by atoms with E-state index in [0.717, 1.165) is 17.3 Å². The van der Waals surface area contributed by atoms with Crippen LogP contribution in [0.25, 0.3) is 0 Å². The molecule has 1 amide bonds. The number of rotatable bonds is 4. The molecular formula is C23H28BrFN2O2. The zero-order valence-corrected chi connectivity index (χ0v) is 18.5. The van der Waals surface area contributed by atoms with Crippen LogP contribution < -0.4 is 21.9 Å². The lowest BCUT2D eigenvalue weighted by molar-refractivity contribution is -0.931. The van der Waals surface area contributed by atoms with E-state index in [1.165, 1.54) is 23.8 Å². The van der Waals surface area contributed by atoms with Crippen LogP contribution in [0.5, 0.6) is 0 Å². The number of quaternary nitrogens is 1. The van der Waals surface area contributed by atoms with Crippen molar-refractivity contribution in [1.82, 2.24) is 0 Å².